The zero-order valence-corrected chi connectivity index (χ0v) is 18.8. The number of nitrogens with one attached hydrogen (secondary N) is 1. The number of carbonyl (C=O) groups is 2. The van der Waals surface area contributed by atoms with Gasteiger partial charge in [-0.3, -0.25) is 9.69 Å². The number of rotatable bonds is 4. The molecule has 1 unspecified atom stereocenters. The predicted molar refractivity (Wildman–Crippen MR) is 119 cm³/mol. The Labute approximate surface area is 196 Å². The van der Waals surface area contributed by atoms with E-state index in [-0.39, 0.29) is 10.7 Å². The smallest absolute Gasteiger partial charge is 0.337 e. The second kappa shape index (κ2) is 8.77. The van der Waals surface area contributed by atoms with Crippen LogP contribution in [0.15, 0.2) is 47.5 Å². The number of likely N-dealkylation sites (N-methyl/N-ethyl adjacent to an activating group) is 1. The van der Waals surface area contributed by atoms with Crippen molar-refractivity contribution in [2.24, 2.45) is 4.99 Å². The zero-order chi connectivity index (χ0) is 22.2. The molecule has 0 spiro atoms. The van der Waals surface area contributed by atoms with Gasteiger partial charge in [-0.2, -0.15) is 0 Å². The Morgan fingerprint density at radius 1 is 1.10 bits per heavy atom. The van der Waals surface area contributed by atoms with Crippen molar-refractivity contribution in [2.75, 3.05) is 17.3 Å². The van der Waals surface area contributed by atoms with Crippen LogP contribution in [0.3, 0.4) is 0 Å². The molecule has 30 heavy (non-hydrogen) atoms. The number of amidine groups is 1. The molecule has 0 aliphatic carbocycles. The summed E-state index contributed by atoms with van der Waals surface area (Å²) in [6, 6.07) is 9.12. The van der Waals surface area contributed by atoms with E-state index in [2.05, 4.69) is 10.3 Å². The van der Waals surface area contributed by atoms with Crippen molar-refractivity contribution in [1.29, 1.82) is 0 Å². The molecule has 0 bridgehead atoms. The van der Waals surface area contributed by atoms with Gasteiger partial charge in [0.15, 0.2) is 6.17 Å². The van der Waals surface area contributed by atoms with E-state index in [9.17, 15) is 14.0 Å². The molecule has 3 rings (SSSR count). The summed E-state index contributed by atoms with van der Waals surface area (Å²) in [6.45, 7) is 0. The van der Waals surface area contributed by atoms with Crippen molar-refractivity contribution in [1.82, 2.24) is 4.90 Å². The third kappa shape index (κ3) is 4.60. The summed E-state index contributed by atoms with van der Waals surface area (Å²) in [5.41, 5.74) is 0.135. The van der Waals surface area contributed by atoms with E-state index in [1.165, 1.54) is 37.4 Å². The van der Waals surface area contributed by atoms with E-state index < -0.39 is 33.5 Å². The average molecular weight is 513 g/mol. The number of amides is 3. The molecule has 0 aromatic heterocycles. The number of alkyl halides is 3. The molecular weight excluding hydrogens is 500 g/mol. The molecule has 1 heterocycles. The largest absolute Gasteiger partial charge is 0.359 e. The molecule has 3 amide bonds. The molecule has 1 fully saturated rings. The Morgan fingerprint density at radius 2 is 1.77 bits per heavy atom. The summed E-state index contributed by atoms with van der Waals surface area (Å²) in [7, 11) is 1.23. The van der Waals surface area contributed by atoms with Gasteiger partial charge in [0.25, 0.3) is 5.91 Å². The molecule has 6 nitrogen and oxygen atoms in total. The third-order valence-electron chi connectivity index (χ3n) is 4.06. The minimum atomic E-state index is -2.07. The molecule has 12 heteroatoms. The Balaban J connectivity index is 2.08. The highest BCUT2D eigenvalue weighted by atomic mass is 35.6. The number of halogens is 6. The number of nitrogens with zero attached hydrogens (tertiary/aromatic N) is 3. The lowest BCUT2D eigenvalue weighted by Gasteiger charge is -2.25. The van der Waals surface area contributed by atoms with Gasteiger partial charge in [-0.15, -0.1) is 0 Å². The third-order valence-corrected chi connectivity index (χ3v) is 5.23. The van der Waals surface area contributed by atoms with Crippen LogP contribution in [-0.4, -0.2) is 39.7 Å². The van der Waals surface area contributed by atoms with Crippen LogP contribution in [0.1, 0.15) is 0 Å². The molecule has 1 saturated heterocycles. The number of imide groups is 1. The van der Waals surface area contributed by atoms with Crippen molar-refractivity contribution in [2.45, 2.75) is 9.96 Å². The van der Waals surface area contributed by atoms with Crippen molar-refractivity contribution in [3.05, 3.63) is 58.3 Å². The number of hydrogen-bond donors (Lipinski definition) is 1. The van der Waals surface area contributed by atoms with Crippen LogP contribution in [-0.2, 0) is 4.79 Å². The van der Waals surface area contributed by atoms with E-state index in [1.807, 2.05) is 0 Å². The Bertz CT molecular complexity index is 1040. The van der Waals surface area contributed by atoms with Gasteiger partial charge < -0.3 is 5.32 Å². The Hall–Kier alpha value is -1.77. The molecular formula is C18H12Cl5FN4O2. The minimum absolute atomic E-state index is 0.174. The van der Waals surface area contributed by atoms with Gasteiger partial charge in [0.05, 0.1) is 16.4 Å². The molecule has 2 aromatic rings. The number of para-hydroxylation sites is 1. The van der Waals surface area contributed by atoms with Gasteiger partial charge >= 0.3 is 6.03 Å². The molecule has 1 aliphatic rings. The number of benzene rings is 2. The first-order chi connectivity index (χ1) is 14.0. The monoisotopic (exact) mass is 510 g/mol. The van der Waals surface area contributed by atoms with Crippen LogP contribution in [0.2, 0.25) is 10.0 Å². The van der Waals surface area contributed by atoms with E-state index >= 15 is 0 Å². The highest BCUT2D eigenvalue weighted by Gasteiger charge is 2.44. The maximum Gasteiger partial charge on any atom is 0.337 e. The van der Waals surface area contributed by atoms with Crippen LogP contribution in [0, 0.1) is 5.82 Å². The summed E-state index contributed by atoms with van der Waals surface area (Å²) in [6.07, 6.45) is -1.37. The predicted octanol–water partition coefficient (Wildman–Crippen LogP) is 5.74. The van der Waals surface area contributed by atoms with Crippen LogP contribution in [0.25, 0.3) is 0 Å². The zero-order valence-electron chi connectivity index (χ0n) is 15.0. The summed E-state index contributed by atoms with van der Waals surface area (Å²) in [4.78, 5) is 31.0. The van der Waals surface area contributed by atoms with Crippen molar-refractivity contribution < 1.29 is 14.0 Å². The summed E-state index contributed by atoms with van der Waals surface area (Å²) >= 11 is 30.2. The van der Waals surface area contributed by atoms with Crippen LogP contribution in [0.4, 0.5) is 20.6 Å². The number of aliphatic imine (C=N–C) groups is 1. The fourth-order valence-electron chi connectivity index (χ4n) is 2.60. The van der Waals surface area contributed by atoms with Crippen LogP contribution >= 0.6 is 58.0 Å². The van der Waals surface area contributed by atoms with Crippen molar-refractivity contribution in [3.8, 4) is 0 Å². The molecule has 158 valence electrons. The van der Waals surface area contributed by atoms with E-state index in [4.69, 9.17) is 58.0 Å². The highest BCUT2D eigenvalue weighted by Crippen LogP contribution is 2.36. The molecule has 0 radical (unpaired) electrons. The average Bonchev–Trinajstić information content (AvgIpc) is 2.87. The van der Waals surface area contributed by atoms with Gasteiger partial charge in [0.2, 0.25) is 9.63 Å². The van der Waals surface area contributed by atoms with Gasteiger partial charge in [-0.1, -0.05) is 70.1 Å². The van der Waals surface area contributed by atoms with Crippen molar-refractivity contribution in [3.63, 3.8) is 0 Å². The quantitative estimate of drug-likeness (QED) is 0.420. The molecule has 0 saturated carbocycles. The van der Waals surface area contributed by atoms with Gasteiger partial charge in [0, 0.05) is 12.1 Å². The number of hydrogen-bond acceptors (Lipinski definition) is 4. The fourth-order valence-corrected chi connectivity index (χ4v) is 3.37. The normalized spacial score (nSPS) is 17.1. The van der Waals surface area contributed by atoms with Gasteiger partial charge in [0.1, 0.15) is 5.82 Å². The highest BCUT2D eigenvalue weighted by molar-refractivity contribution is 6.68. The second-order valence-electron chi connectivity index (χ2n) is 6.10. The first-order valence-corrected chi connectivity index (χ1v) is 10.1. The maximum atomic E-state index is 14.3. The number of carbonyl (C=O) groups excluding carboxylic acids is 2. The topological polar surface area (TPSA) is 65.0 Å². The standard InChI is InChI=1S/C18H12Cl5FN4O2/c1-27-15(29)14(28(17(27)30)13-5-3-2-4-11(13)24)26-16(18(21,22)23)25-12-7-6-9(19)8-10(12)20/h2-8,16,25H,1H3/b26-14+. The number of anilines is 2. The number of urea groups is 1. The molecule has 1 aliphatic heterocycles. The van der Waals surface area contributed by atoms with Crippen LogP contribution in [0.5, 0.6) is 0 Å². The first kappa shape index (κ1) is 22.9. The molecule has 1 atom stereocenters. The van der Waals surface area contributed by atoms with Crippen LogP contribution < -0.4 is 10.2 Å². The summed E-state index contributed by atoms with van der Waals surface area (Å²) in [5, 5.41) is 3.39. The summed E-state index contributed by atoms with van der Waals surface area (Å²) < 4.78 is 12.3. The lowest BCUT2D eigenvalue weighted by molar-refractivity contribution is -0.119. The molecule has 1 N–H and O–H groups in total. The minimum Gasteiger partial charge on any atom is -0.359 e. The van der Waals surface area contributed by atoms with E-state index in [0.717, 1.165) is 15.9 Å². The Kier molecular flexibility index (Phi) is 6.69. The van der Waals surface area contributed by atoms with E-state index in [0.29, 0.717) is 10.7 Å². The fraction of sp³-hybridized carbons (Fsp3) is 0.167. The molecule has 2 aromatic carbocycles. The lowest BCUT2D eigenvalue weighted by atomic mass is 10.2. The van der Waals surface area contributed by atoms with Gasteiger partial charge in [-0.05, 0) is 30.3 Å². The van der Waals surface area contributed by atoms with Gasteiger partial charge in [-0.25, -0.2) is 19.1 Å². The first-order valence-electron chi connectivity index (χ1n) is 8.23. The maximum absolute atomic E-state index is 14.3. The Morgan fingerprint density at radius 3 is 2.37 bits per heavy atom. The van der Waals surface area contributed by atoms with Crippen molar-refractivity contribution >= 4 is 87.2 Å². The lowest BCUT2D eigenvalue weighted by Crippen LogP contribution is -2.38. The SMILES string of the molecule is CN1C(=O)/C(=N\C(Nc2ccc(Cl)cc2Cl)C(Cl)(Cl)Cl)N(c2ccccc2F)C1=O. The second-order valence-corrected chi connectivity index (χ2v) is 9.31. The summed E-state index contributed by atoms with van der Waals surface area (Å²) in [5.74, 6) is -1.96. The van der Waals surface area contributed by atoms with E-state index in [1.54, 1.807) is 6.07 Å².